The van der Waals surface area contributed by atoms with E-state index in [4.69, 9.17) is 15.4 Å². The van der Waals surface area contributed by atoms with E-state index in [1.807, 2.05) is 0 Å². The molecular weight excluding hydrogens is 358 g/mol. The first-order valence-corrected chi connectivity index (χ1v) is 8.83. The molecule has 0 spiro atoms. The Morgan fingerprint density at radius 1 is 1.60 bits per heavy atom. The molecule has 0 radical (unpaired) electrons. The summed E-state index contributed by atoms with van der Waals surface area (Å²) < 4.78 is 37.3. The predicted octanol–water partition coefficient (Wildman–Crippen LogP) is -0.134. The predicted molar refractivity (Wildman–Crippen MR) is 81.7 cm³/mol. The molecule has 138 valence electrons. The number of ether oxygens (including phenoxy) is 1. The maximum absolute atomic E-state index is 15.2. The fourth-order valence-electron chi connectivity index (χ4n) is 2.98. The van der Waals surface area contributed by atoms with E-state index in [0.717, 1.165) is 6.92 Å². The molecule has 0 aromatic carbocycles. The van der Waals surface area contributed by atoms with Gasteiger partial charge in [-0.15, -0.1) is 0 Å². The maximum Gasteiger partial charge on any atom is 0.265 e. The van der Waals surface area contributed by atoms with Gasteiger partial charge in [-0.05, 0) is 19.9 Å². The van der Waals surface area contributed by atoms with Gasteiger partial charge in [0.05, 0.1) is 11.5 Å². The summed E-state index contributed by atoms with van der Waals surface area (Å²) in [5.74, 6) is 0.198. The Bertz CT molecular complexity index is 839. The second-order valence-corrected chi connectivity index (χ2v) is 7.20. The first-order chi connectivity index (χ1) is 11.5. The Labute approximate surface area is 141 Å². The summed E-state index contributed by atoms with van der Waals surface area (Å²) in [6.07, 6.45) is -3.01. The van der Waals surface area contributed by atoms with Crippen molar-refractivity contribution in [1.29, 1.82) is 0 Å². The summed E-state index contributed by atoms with van der Waals surface area (Å²) in [5, 5.41) is 10.7. The molecule has 1 aliphatic rings. The van der Waals surface area contributed by atoms with E-state index in [0.29, 0.717) is 11.0 Å². The number of halogens is 1. The van der Waals surface area contributed by atoms with Crippen LogP contribution in [0, 0.1) is 0 Å². The zero-order chi connectivity index (χ0) is 18.6. The topological polar surface area (TPSA) is 156 Å². The number of hydrogen-bond acceptors (Lipinski definition) is 8. The third-order valence-electron chi connectivity index (χ3n) is 4.21. The lowest BCUT2D eigenvalue weighted by Gasteiger charge is -2.27. The molecule has 1 aliphatic heterocycles. The lowest BCUT2D eigenvalue weighted by atomic mass is 9.96. The Morgan fingerprint density at radius 3 is 2.92 bits per heavy atom. The highest BCUT2D eigenvalue weighted by Crippen LogP contribution is 2.46. The van der Waals surface area contributed by atoms with Crippen molar-refractivity contribution in [2.45, 2.75) is 44.1 Å². The molecule has 4 N–H and O–H groups in total. The molecule has 0 amide bonds. The summed E-state index contributed by atoms with van der Waals surface area (Å²) in [6, 6.07) is 1.57. The number of anilines is 1. The van der Waals surface area contributed by atoms with E-state index in [2.05, 4.69) is 14.5 Å². The molecule has 10 nitrogen and oxygen atoms in total. The van der Waals surface area contributed by atoms with Gasteiger partial charge in [0.25, 0.3) is 7.82 Å². The lowest BCUT2D eigenvalue weighted by Crippen LogP contribution is -2.43. The SMILES string of the molecule is CC(OP(=O)([O-])O)[C@H]1O[C@@H](n2ccc3c(N)ncnc32)[C@](C)(F)[C@@H]1O. The van der Waals surface area contributed by atoms with Crippen molar-refractivity contribution in [3.8, 4) is 0 Å². The second kappa shape index (κ2) is 5.97. The molecule has 2 aromatic heterocycles. The van der Waals surface area contributed by atoms with Crippen molar-refractivity contribution in [3.63, 3.8) is 0 Å². The van der Waals surface area contributed by atoms with Gasteiger partial charge in [0.15, 0.2) is 11.9 Å². The number of nitrogens with zero attached hydrogens (tertiary/aromatic N) is 3. The van der Waals surface area contributed by atoms with Gasteiger partial charge >= 0.3 is 0 Å². The zero-order valence-corrected chi connectivity index (χ0v) is 14.2. The molecule has 1 fully saturated rings. The molecule has 25 heavy (non-hydrogen) atoms. The number of alkyl halides is 1. The van der Waals surface area contributed by atoms with Crippen LogP contribution in [0.5, 0.6) is 0 Å². The number of nitrogens with two attached hydrogens (primary N) is 1. The van der Waals surface area contributed by atoms with Gasteiger partial charge in [0, 0.05) is 6.20 Å². The number of aliphatic hydroxyl groups is 1. The van der Waals surface area contributed by atoms with Crippen LogP contribution in [0.15, 0.2) is 18.6 Å². The lowest BCUT2D eigenvalue weighted by molar-refractivity contribution is -0.228. The number of hydrogen-bond donors (Lipinski definition) is 3. The van der Waals surface area contributed by atoms with E-state index in [1.165, 1.54) is 24.0 Å². The van der Waals surface area contributed by atoms with Crippen molar-refractivity contribution in [1.82, 2.24) is 14.5 Å². The Balaban J connectivity index is 1.96. The first kappa shape index (κ1) is 18.2. The van der Waals surface area contributed by atoms with Crippen LogP contribution >= 0.6 is 7.82 Å². The number of nitrogen functional groups attached to an aromatic ring is 1. The highest BCUT2D eigenvalue weighted by Gasteiger charge is 2.57. The van der Waals surface area contributed by atoms with Gasteiger partial charge in [0.1, 0.15) is 30.0 Å². The minimum Gasteiger partial charge on any atom is -0.756 e. The Kier molecular flexibility index (Phi) is 4.34. The second-order valence-electron chi connectivity index (χ2n) is 6.05. The van der Waals surface area contributed by atoms with Gasteiger partial charge in [0.2, 0.25) is 0 Å². The first-order valence-electron chi connectivity index (χ1n) is 7.34. The molecule has 3 heterocycles. The van der Waals surface area contributed by atoms with Crippen LogP contribution in [-0.4, -0.2) is 48.5 Å². The molecular formula is C13H17FN4O6P-. The molecule has 2 unspecified atom stereocenters. The third-order valence-corrected chi connectivity index (χ3v) is 4.81. The number of phosphoric ester groups is 1. The van der Waals surface area contributed by atoms with Gasteiger partial charge < -0.3 is 34.5 Å². The number of aromatic nitrogens is 3. The third kappa shape index (κ3) is 3.14. The van der Waals surface area contributed by atoms with Crippen molar-refractivity contribution in [2.75, 3.05) is 5.73 Å². The van der Waals surface area contributed by atoms with Crippen molar-refractivity contribution >= 4 is 24.7 Å². The van der Waals surface area contributed by atoms with Crippen LogP contribution in [0.25, 0.3) is 11.0 Å². The summed E-state index contributed by atoms with van der Waals surface area (Å²) in [6.45, 7) is 2.35. The van der Waals surface area contributed by atoms with Gasteiger partial charge in [-0.1, -0.05) is 0 Å². The quantitative estimate of drug-likeness (QED) is 0.619. The normalized spacial score (nSPS) is 33.4. The molecule has 3 rings (SSSR count). The van der Waals surface area contributed by atoms with Gasteiger partial charge in [-0.25, -0.2) is 14.4 Å². The standard InChI is InChI=1S/C13H18FN4O6P/c1-6(24-25(20,21)22)8-9(19)13(2,14)12(23-8)18-4-3-7-10(15)16-5-17-11(7)18/h3-6,8-9,12,19H,1-2H3,(H2,15,16,17)(H2,20,21,22)/p-1/t6?,8-,9-,12-,13-/m1/s1. The summed E-state index contributed by atoms with van der Waals surface area (Å²) in [5.41, 5.74) is 3.74. The van der Waals surface area contributed by atoms with Crippen LogP contribution in [0.2, 0.25) is 0 Å². The molecule has 0 bridgehead atoms. The average Bonchev–Trinajstić information content (AvgIpc) is 2.99. The monoisotopic (exact) mass is 375 g/mol. The summed E-state index contributed by atoms with van der Waals surface area (Å²) >= 11 is 0. The molecule has 1 saturated heterocycles. The maximum atomic E-state index is 15.2. The molecule has 12 heteroatoms. The van der Waals surface area contributed by atoms with E-state index >= 15 is 4.39 Å². The largest absolute Gasteiger partial charge is 0.756 e. The molecule has 6 atom stereocenters. The van der Waals surface area contributed by atoms with Crippen molar-refractivity contribution < 1.29 is 33.1 Å². The fraction of sp³-hybridized carbons (Fsp3) is 0.538. The van der Waals surface area contributed by atoms with E-state index < -0.39 is 38.0 Å². The van der Waals surface area contributed by atoms with E-state index in [9.17, 15) is 14.6 Å². The highest BCUT2D eigenvalue weighted by atomic mass is 31.2. The minimum absolute atomic E-state index is 0.198. The minimum atomic E-state index is -5.08. The van der Waals surface area contributed by atoms with Crippen molar-refractivity contribution in [2.24, 2.45) is 0 Å². The van der Waals surface area contributed by atoms with Crippen molar-refractivity contribution in [3.05, 3.63) is 18.6 Å². The fourth-order valence-corrected chi connectivity index (χ4v) is 3.52. The smallest absolute Gasteiger partial charge is 0.265 e. The number of aliphatic hydroxyl groups excluding tert-OH is 1. The van der Waals surface area contributed by atoms with Gasteiger partial charge in [-0.2, -0.15) is 0 Å². The summed E-state index contributed by atoms with van der Waals surface area (Å²) in [4.78, 5) is 27.6. The van der Waals surface area contributed by atoms with Crippen LogP contribution in [0.3, 0.4) is 0 Å². The average molecular weight is 375 g/mol. The molecule has 0 saturated carbocycles. The number of rotatable bonds is 4. The van der Waals surface area contributed by atoms with Crippen LogP contribution < -0.4 is 10.6 Å². The van der Waals surface area contributed by atoms with Crippen LogP contribution in [0.4, 0.5) is 10.2 Å². The highest BCUT2D eigenvalue weighted by molar-refractivity contribution is 7.44. The van der Waals surface area contributed by atoms with Crippen LogP contribution in [-0.2, 0) is 13.8 Å². The zero-order valence-electron chi connectivity index (χ0n) is 13.3. The van der Waals surface area contributed by atoms with E-state index in [1.54, 1.807) is 6.07 Å². The molecule has 0 aliphatic carbocycles. The number of fused-ring (bicyclic) bond motifs is 1. The molecule has 2 aromatic rings. The number of phosphoric acid groups is 1. The van der Waals surface area contributed by atoms with Gasteiger partial charge in [-0.3, -0.25) is 4.57 Å². The Hall–Kier alpha value is -1.62. The van der Waals surface area contributed by atoms with Crippen LogP contribution in [0.1, 0.15) is 20.1 Å². The summed E-state index contributed by atoms with van der Waals surface area (Å²) in [7, 11) is -5.08. The van der Waals surface area contributed by atoms with E-state index in [-0.39, 0.29) is 5.82 Å². The Morgan fingerprint density at radius 2 is 2.28 bits per heavy atom.